The van der Waals surface area contributed by atoms with E-state index >= 15 is 4.57 Å². The van der Waals surface area contributed by atoms with Crippen LogP contribution < -0.4 is 44.3 Å². The number of hydrogen-bond acceptors (Lipinski definition) is 10. The lowest BCUT2D eigenvalue weighted by molar-refractivity contribution is 0.304. The molecule has 0 aliphatic carbocycles. The van der Waals surface area contributed by atoms with Gasteiger partial charge in [-0.1, -0.05) is 41.5 Å². The molecule has 0 unspecified atom stereocenters. The first-order valence-corrected chi connectivity index (χ1v) is 16.4. The molecule has 3 aromatic heterocycles. The second-order valence-electron chi connectivity index (χ2n) is 9.32. The van der Waals surface area contributed by atoms with Crippen molar-refractivity contribution in [2.75, 3.05) is 39.6 Å². The minimum Gasteiger partial charge on any atom is -0.477 e. The molecule has 41 heavy (non-hydrogen) atoms. The van der Waals surface area contributed by atoms with Crippen LogP contribution in [0.5, 0.6) is 35.3 Å². The first-order chi connectivity index (χ1) is 20.0. The van der Waals surface area contributed by atoms with Crippen LogP contribution in [-0.2, 0) is 4.57 Å². The molecule has 0 fully saturated rings. The van der Waals surface area contributed by atoms with Crippen LogP contribution in [-0.4, -0.2) is 70.2 Å². The average Bonchev–Trinajstić information content (AvgIpc) is 3.71. The molecule has 0 spiro atoms. The smallest absolute Gasteiger partial charge is 0.248 e. The number of nitrogens with zero attached hydrogens (tertiary/aromatic N) is 3. The van der Waals surface area contributed by atoms with Gasteiger partial charge in [-0.3, -0.25) is 0 Å². The second kappa shape index (κ2) is 16.2. The van der Waals surface area contributed by atoms with E-state index in [0.717, 1.165) is 19.3 Å². The van der Waals surface area contributed by atoms with Gasteiger partial charge in [0, 0.05) is 0 Å². The standard InChI is InChI=1S/C27H45N6O7P/c1-7-13-35-22-19(23(29-28-22)36-14-8-2)41(34,20-24(37-15-9-3)30-31-25(20)38-16-10-4)21-26(39-17-11-5)32-33-27(21)40-18-12-6/h7-18H2,1-6H3,(H,28,29)(H,30,31)(H,32,33). The van der Waals surface area contributed by atoms with Gasteiger partial charge in [0.15, 0.2) is 0 Å². The van der Waals surface area contributed by atoms with E-state index in [1.807, 2.05) is 41.5 Å². The van der Waals surface area contributed by atoms with Crippen molar-refractivity contribution >= 4 is 23.1 Å². The van der Waals surface area contributed by atoms with E-state index in [1.165, 1.54) is 0 Å². The maximum atomic E-state index is 16.2. The maximum absolute atomic E-state index is 16.2. The molecule has 230 valence electrons. The zero-order valence-corrected chi connectivity index (χ0v) is 26.0. The normalized spacial score (nSPS) is 11.5. The van der Waals surface area contributed by atoms with E-state index in [4.69, 9.17) is 28.4 Å². The van der Waals surface area contributed by atoms with E-state index in [9.17, 15) is 0 Å². The number of rotatable bonds is 21. The molecule has 13 nitrogen and oxygen atoms in total. The Morgan fingerprint density at radius 3 is 0.951 bits per heavy atom. The van der Waals surface area contributed by atoms with Crippen molar-refractivity contribution in [1.82, 2.24) is 30.6 Å². The Morgan fingerprint density at radius 1 is 0.463 bits per heavy atom. The molecule has 3 rings (SSSR count). The molecule has 14 heteroatoms. The van der Waals surface area contributed by atoms with E-state index < -0.39 is 7.14 Å². The second-order valence-corrected chi connectivity index (χ2v) is 11.9. The van der Waals surface area contributed by atoms with Crippen LogP contribution in [0.25, 0.3) is 0 Å². The Morgan fingerprint density at radius 2 is 0.707 bits per heavy atom. The number of aromatic amines is 3. The van der Waals surface area contributed by atoms with Crippen molar-refractivity contribution < 1.29 is 33.0 Å². The maximum Gasteiger partial charge on any atom is 0.248 e. The first-order valence-electron chi connectivity index (χ1n) is 14.6. The summed E-state index contributed by atoms with van der Waals surface area (Å²) in [5.41, 5.74) is 0. The van der Waals surface area contributed by atoms with Gasteiger partial charge in [-0.2, -0.15) is 0 Å². The Balaban J connectivity index is 2.45. The summed E-state index contributed by atoms with van der Waals surface area (Å²) in [7, 11) is -4.13. The van der Waals surface area contributed by atoms with Crippen LogP contribution in [0.15, 0.2) is 0 Å². The fraction of sp³-hybridized carbons (Fsp3) is 0.667. The highest BCUT2D eigenvalue weighted by molar-refractivity contribution is 7.86. The molecule has 0 aliphatic heterocycles. The van der Waals surface area contributed by atoms with Crippen molar-refractivity contribution in [3.05, 3.63) is 0 Å². The summed E-state index contributed by atoms with van der Waals surface area (Å²) in [5, 5.41) is 22.5. The number of ether oxygens (including phenoxy) is 6. The molecule has 3 N–H and O–H groups in total. The van der Waals surface area contributed by atoms with Crippen LogP contribution in [0.2, 0.25) is 0 Å². The molecule has 3 aromatic rings. The third-order valence-corrected chi connectivity index (χ3v) is 8.73. The highest BCUT2D eigenvalue weighted by Crippen LogP contribution is 2.55. The summed E-state index contributed by atoms with van der Waals surface area (Å²) in [5.74, 6) is 1.01. The van der Waals surface area contributed by atoms with Gasteiger partial charge in [-0.05, 0) is 38.5 Å². The van der Waals surface area contributed by atoms with E-state index in [0.29, 0.717) is 58.9 Å². The van der Waals surface area contributed by atoms with Gasteiger partial charge in [-0.15, -0.1) is 15.3 Å². The van der Waals surface area contributed by atoms with Gasteiger partial charge >= 0.3 is 0 Å². The van der Waals surface area contributed by atoms with Crippen molar-refractivity contribution in [2.24, 2.45) is 0 Å². The lowest BCUT2D eigenvalue weighted by atomic mass is 10.5. The molecule has 0 aliphatic rings. The molecule has 0 aromatic carbocycles. The fourth-order valence-corrected chi connectivity index (χ4v) is 6.92. The minimum atomic E-state index is -4.13. The molecule has 0 amide bonds. The fourth-order valence-electron chi connectivity index (χ4n) is 3.89. The lowest BCUT2D eigenvalue weighted by Gasteiger charge is -2.22. The molecule has 0 radical (unpaired) electrons. The Kier molecular flexibility index (Phi) is 12.7. The summed E-state index contributed by atoms with van der Waals surface area (Å²) < 4.78 is 52.6. The first kappa shape index (κ1) is 32.2. The third-order valence-electron chi connectivity index (χ3n) is 5.65. The van der Waals surface area contributed by atoms with Crippen molar-refractivity contribution in [3.63, 3.8) is 0 Å². The molecule has 3 heterocycles. The van der Waals surface area contributed by atoms with Crippen LogP contribution >= 0.6 is 7.14 Å². The van der Waals surface area contributed by atoms with Gasteiger partial charge in [0.2, 0.25) is 42.4 Å². The summed E-state index contributed by atoms with van der Waals surface area (Å²) in [6.45, 7) is 14.0. The predicted molar refractivity (Wildman–Crippen MR) is 157 cm³/mol. The predicted octanol–water partition coefficient (Wildman–Crippen LogP) is 4.23. The Labute approximate surface area is 241 Å². The van der Waals surface area contributed by atoms with E-state index in [2.05, 4.69) is 30.6 Å². The van der Waals surface area contributed by atoms with Gasteiger partial charge in [0.25, 0.3) is 0 Å². The summed E-state index contributed by atoms with van der Waals surface area (Å²) >= 11 is 0. The quantitative estimate of drug-likeness (QED) is 0.152. The van der Waals surface area contributed by atoms with Crippen molar-refractivity contribution in [3.8, 4) is 35.3 Å². The molecule has 0 saturated carbocycles. The van der Waals surface area contributed by atoms with Crippen molar-refractivity contribution in [2.45, 2.75) is 80.1 Å². The number of hydrogen-bond donors (Lipinski definition) is 3. The monoisotopic (exact) mass is 596 g/mol. The lowest BCUT2D eigenvalue weighted by Crippen LogP contribution is -2.30. The zero-order chi connectivity index (χ0) is 29.7. The van der Waals surface area contributed by atoms with E-state index in [-0.39, 0.29) is 51.2 Å². The summed E-state index contributed by atoms with van der Waals surface area (Å²) in [4.78, 5) is 0. The zero-order valence-electron chi connectivity index (χ0n) is 25.1. The SMILES string of the molecule is CCCOc1n[nH]c(OCCC)c1P(=O)(c1c(OCCC)n[nH]c1OCCC)c1c(OCCC)n[nH]c1OCCC. The number of H-pyrrole nitrogens is 3. The number of nitrogens with one attached hydrogen (secondary N) is 3. The molecular weight excluding hydrogens is 551 g/mol. The average molecular weight is 597 g/mol. The van der Waals surface area contributed by atoms with Gasteiger partial charge < -0.3 is 33.0 Å². The largest absolute Gasteiger partial charge is 0.477 e. The van der Waals surface area contributed by atoms with Crippen molar-refractivity contribution in [1.29, 1.82) is 0 Å². The Bertz CT molecular complexity index is 1020. The van der Waals surface area contributed by atoms with Crippen LogP contribution in [0.3, 0.4) is 0 Å². The topological polar surface area (TPSA) is 158 Å². The van der Waals surface area contributed by atoms with Gasteiger partial charge in [0.05, 0.1) is 39.6 Å². The highest BCUT2D eigenvalue weighted by atomic mass is 31.2. The highest BCUT2D eigenvalue weighted by Gasteiger charge is 2.50. The van der Waals surface area contributed by atoms with Crippen LogP contribution in [0.4, 0.5) is 0 Å². The van der Waals surface area contributed by atoms with Gasteiger partial charge in [0.1, 0.15) is 15.9 Å². The van der Waals surface area contributed by atoms with Crippen LogP contribution in [0, 0.1) is 0 Å². The summed E-state index contributed by atoms with van der Waals surface area (Å²) in [6.07, 6.45) is 4.30. The van der Waals surface area contributed by atoms with E-state index in [1.54, 1.807) is 0 Å². The molecule has 0 saturated heterocycles. The number of aromatic nitrogens is 6. The molecule has 0 bridgehead atoms. The molecular formula is C27H45N6O7P. The molecule has 0 atom stereocenters. The van der Waals surface area contributed by atoms with Crippen LogP contribution in [0.1, 0.15) is 80.1 Å². The summed E-state index contributed by atoms with van der Waals surface area (Å²) in [6, 6.07) is 0. The van der Waals surface area contributed by atoms with Gasteiger partial charge in [-0.25, -0.2) is 15.3 Å². The third kappa shape index (κ3) is 7.30. The Hall–Kier alpha value is -3.34. The minimum absolute atomic E-state index is 0.134.